The average molecular weight is 359 g/mol. The van der Waals surface area contributed by atoms with Crippen molar-refractivity contribution in [3.05, 3.63) is 59.7 Å². The molecular weight excluding hydrogens is 324 g/mol. The largest absolute Gasteiger partial charge is 0.497 e. The van der Waals surface area contributed by atoms with E-state index in [-0.39, 0.29) is 11.4 Å². The molecule has 0 bridgehead atoms. The Labute approximate surface area is 159 Å². The predicted octanol–water partition coefficient (Wildman–Crippen LogP) is 6.39. The van der Waals surface area contributed by atoms with Crippen molar-refractivity contribution in [1.82, 2.24) is 0 Å². The van der Waals surface area contributed by atoms with Gasteiger partial charge in [0, 0.05) is 12.3 Å². The van der Waals surface area contributed by atoms with Crippen molar-refractivity contribution >= 4 is 5.97 Å². The molecule has 2 aromatic rings. The van der Waals surface area contributed by atoms with Crippen LogP contribution in [0.3, 0.4) is 0 Å². The Hall–Kier alpha value is -2.29. The van der Waals surface area contributed by atoms with Gasteiger partial charge in [-0.1, -0.05) is 65.8 Å². The fourth-order valence-corrected chi connectivity index (χ4v) is 2.59. The summed E-state index contributed by atoms with van der Waals surface area (Å²) in [6.07, 6.45) is 0.965. The normalized spacial score (nSPS) is 11.7. The third-order valence-electron chi connectivity index (χ3n) is 4.19. The minimum absolute atomic E-state index is 0.0962. The van der Waals surface area contributed by atoms with Crippen LogP contribution in [0.1, 0.15) is 66.0 Å². The molecule has 0 fully saturated rings. The molecule has 0 saturated carbocycles. The van der Waals surface area contributed by atoms with Crippen molar-refractivity contribution in [3.8, 4) is 11.5 Å². The Kier molecular flexibility index (Phi) is 11.1. The van der Waals surface area contributed by atoms with Crippen LogP contribution in [0.25, 0.3) is 0 Å². The summed E-state index contributed by atoms with van der Waals surface area (Å²) in [5.41, 5.74) is 2.33. The van der Waals surface area contributed by atoms with Gasteiger partial charge in [-0.15, -0.1) is 0 Å². The van der Waals surface area contributed by atoms with Gasteiger partial charge in [-0.3, -0.25) is 4.79 Å². The molecule has 0 aromatic heterocycles. The van der Waals surface area contributed by atoms with Gasteiger partial charge < -0.3 is 9.47 Å². The smallest absolute Gasteiger partial charge is 0.308 e. The van der Waals surface area contributed by atoms with Crippen molar-refractivity contribution in [2.24, 2.45) is 0 Å². The van der Waals surface area contributed by atoms with Gasteiger partial charge in [0.15, 0.2) is 0 Å². The summed E-state index contributed by atoms with van der Waals surface area (Å²) in [5.74, 6) is 1.12. The highest BCUT2D eigenvalue weighted by Crippen LogP contribution is 2.36. The number of carbonyl (C=O) groups is 1. The summed E-state index contributed by atoms with van der Waals surface area (Å²) < 4.78 is 10.3. The lowest BCUT2D eigenvalue weighted by Crippen LogP contribution is -2.22. The first kappa shape index (κ1) is 23.7. The van der Waals surface area contributed by atoms with Crippen molar-refractivity contribution in [1.29, 1.82) is 0 Å². The fourth-order valence-electron chi connectivity index (χ4n) is 2.59. The second-order valence-electron chi connectivity index (χ2n) is 5.53. The molecule has 0 spiro atoms. The van der Waals surface area contributed by atoms with Gasteiger partial charge in [-0.05, 0) is 41.8 Å². The maximum Gasteiger partial charge on any atom is 0.308 e. The molecule has 1 atom stereocenters. The van der Waals surface area contributed by atoms with Gasteiger partial charge >= 0.3 is 5.97 Å². The monoisotopic (exact) mass is 358 g/mol. The molecule has 144 valence electrons. The molecule has 3 heteroatoms. The first-order valence-corrected chi connectivity index (χ1v) is 9.43. The summed E-state index contributed by atoms with van der Waals surface area (Å²) >= 11 is 0. The molecule has 26 heavy (non-hydrogen) atoms. The van der Waals surface area contributed by atoms with E-state index in [4.69, 9.17) is 9.47 Å². The van der Waals surface area contributed by atoms with Crippen LogP contribution in [0, 0.1) is 0 Å². The molecule has 0 saturated heterocycles. The number of hydrogen-bond acceptors (Lipinski definition) is 3. The van der Waals surface area contributed by atoms with Crippen molar-refractivity contribution in [2.75, 3.05) is 7.11 Å². The minimum Gasteiger partial charge on any atom is -0.497 e. The van der Waals surface area contributed by atoms with E-state index < -0.39 is 0 Å². The highest BCUT2D eigenvalue weighted by molar-refractivity contribution is 5.69. The van der Waals surface area contributed by atoms with Gasteiger partial charge in [0.05, 0.1) is 7.11 Å². The van der Waals surface area contributed by atoms with Gasteiger partial charge in [0.1, 0.15) is 11.5 Å². The zero-order valence-electron chi connectivity index (χ0n) is 17.6. The first-order valence-electron chi connectivity index (χ1n) is 9.43. The third kappa shape index (κ3) is 6.21. The molecule has 0 aliphatic carbocycles. The maximum absolute atomic E-state index is 11.0. The SMILES string of the molecule is CC.CC.CCC(C)(c1ccc(OC)cc1)c1ccc(OC(C)=O)cc1. The Morgan fingerprint density at radius 1 is 0.846 bits per heavy atom. The molecule has 0 aliphatic rings. The van der Waals surface area contributed by atoms with E-state index in [1.54, 1.807) is 7.11 Å². The number of rotatable bonds is 5. The molecule has 0 N–H and O–H groups in total. The molecule has 3 nitrogen and oxygen atoms in total. The number of esters is 1. The Bertz CT molecular complexity index is 630. The van der Waals surface area contributed by atoms with Crippen molar-refractivity contribution in [3.63, 3.8) is 0 Å². The van der Waals surface area contributed by atoms with E-state index in [1.807, 2.05) is 64.1 Å². The molecule has 1 unspecified atom stereocenters. The minimum atomic E-state index is -0.304. The van der Waals surface area contributed by atoms with Crippen LogP contribution in [-0.4, -0.2) is 13.1 Å². The van der Waals surface area contributed by atoms with Crippen LogP contribution < -0.4 is 9.47 Å². The van der Waals surface area contributed by atoms with E-state index >= 15 is 0 Å². The standard InChI is InChI=1S/C19H22O3.2C2H6/c1-5-19(3,15-6-10-17(21-4)11-7-15)16-8-12-18(13-9-16)22-14(2)20;2*1-2/h6-13H,5H2,1-4H3;2*1-2H3. The molecule has 2 rings (SSSR count). The molecule has 0 aliphatic heterocycles. The molecule has 0 amide bonds. The number of methoxy groups -OCH3 is 1. The third-order valence-corrected chi connectivity index (χ3v) is 4.19. The summed E-state index contributed by atoms with van der Waals surface area (Å²) in [6, 6.07) is 15.9. The van der Waals surface area contributed by atoms with Crippen LogP contribution in [0.15, 0.2) is 48.5 Å². The second kappa shape index (κ2) is 12.1. The fraction of sp³-hybridized carbons (Fsp3) is 0.435. The van der Waals surface area contributed by atoms with Gasteiger partial charge in [0.25, 0.3) is 0 Å². The lowest BCUT2D eigenvalue weighted by atomic mass is 9.74. The number of carbonyl (C=O) groups excluding carboxylic acids is 1. The van der Waals surface area contributed by atoms with Crippen LogP contribution in [-0.2, 0) is 10.2 Å². The zero-order valence-corrected chi connectivity index (χ0v) is 17.6. The first-order chi connectivity index (χ1) is 12.5. The highest BCUT2D eigenvalue weighted by Gasteiger charge is 2.26. The molecule has 0 radical (unpaired) electrons. The predicted molar refractivity (Wildman–Crippen MR) is 110 cm³/mol. The van der Waals surface area contributed by atoms with Gasteiger partial charge in [-0.2, -0.15) is 0 Å². The molecule has 0 heterocycles. The molecule has 2 aromatic carbocycles. The maximum atomic E-state index is 11.0. The number of ether oxygens (including phenoxy) is 2. The van der Waals surface area contributed by atoms with E-state index in [2.05, 4.69) is 26.0 Å². The van der Waals surface area contributed by atoms with E-state index in [9.17, 15) is 4.79 Å². The van der Waals surface area contributed by atoms with Crippen LogP contribution in [0.4, 0.5) is 0 Å². The Balaban J connectivity index is 0.00000146. The van der Waals surface area contributed by atoms with Crippen LogP contribution in [0.2, 0.25) is 0 Å². The lowest BCUT2D eigenvalue weighted by Gasteiger charge is -2.30. The summed E-state index contributed by atoms with van der Waals surface area (Å²) in [5, 5.41) is 0. The number of hydrogen-bond donors (Lipinski definition) is 0. The van der Waals surface area contributed by atoms with Gasteiger partial charge in [0.2, 0.25) is 0 Å². The van der Waals surface area contributed by atoms with E-state index in [0.29, 0.717) is 5.75 Å². The van der Waals surface area contributed by atoms with E-state index in [0.717, 1.165) is 12.2 Å². The summed E-state index contributed by atoms with van der Waals surface area (Å²) in [7, 11) is 1.67. The van der Waals surface area contributed by atoms with Crippen LogP contribution in [0.5, 0.6) is 11.5 Å². The van der Waals surface area contributed by atoms with Crippen molar-refractivity contribution in [2.45, 2.75) is 60.3 Å². The van der Waals surface area contributed by atoms with Crippen LogP contribution >= 0.6 is 0 Å². The highest BCUT2D eigenvalue weighted by atomic mass is 16.5. The molecular formula is C23H34O3. The quantitative estimate of drug-likeness (QED) is 0.459. The van der Waals surface area contributed by atoms with Gasteiger partial charge in [-0.25, -0.2) is 0 Å². The lowest BCUT2D eigenvalue weighted by molar-refractivity contribution is -0.131. The Morgan fingerprint density at radius 2 is 1.23 bits per heavy atom. The second-order valence-corrected chi connectivity index (χ2v) is 5.53. The summed E-state index contributed by atoms with van der Waals surface area (Å²) in [6.45, 7) is 13.8. The van der Waals surface area contributed by atoms with Crippen molar-refractivity contribution < 1.29 is 14.3 Å². The Morgan fingerprint density at radius 3 is 1.54 bits per heavy atom. The van der Waals surface area contributed by atoms with E-state index in [1.165, 1.54) is 18.1 Å². The number of benzene rings is 2. The summed E-state index contributed by atoms with van der Waals surface area (Å²) in [4.78, 5) is 11.0. The zero-order chi connectivity index (χ0) is 20.2. The average Bonchev–Trinajstić information content (AvgIpc) is 2.70. The topological polar surface area (TPSA) is 35.5 Å².